The smallest absolute Gasteiger partial charge is 0.360 e. The second kappa shape index (κ2) is 5.85. The van der Waals surface area contributed by atoms with E-state index in [0.717, 1.165) is 17.8 Å². The topological polar surface area (TPSA) is 74.8 Å². The van der Waals surface area contributed by atoms with E-state index >= 15 is 0 Å². The van der Waals surface area contributed by atoms with E-state index in [1.807, 2.05) is 31.6 Å². The van der Waals surface area contributed by atoms with Crippen LogP contribution in [-0.2, 0) is 17.8 Å². The molecule has 0 fully saturated rings. The average molecular weight is 277 g/mol. The monoisotopic (exact) mass is 277 g/mol. The Balaban J connectivity index is 2.31. The summed E-state index contributed by atoms with van der Waals surface area (Å²) in [7, 11) is 1.34. The zero-order valence-corrected chi connectivity index (χ0v) is 12.2. The third-order valence-corrected chi connectivity index (χ3v) is 3.04. The molecular formula is C13H19N5O2. The van der Waals surface area contributed by atoms with Crippen LogP contribution >= 0.6 is 0 Å². The molecule has 0 saturated heterocycles. The number of ether oxygens (including phenoxy) is 1. The van der Waals surface area contributed by atoms with Crippen molar-refractivity contribution in [2.24, 2.45) is 0 Å². The molecule has 0 aliphatic heterocycles. The summed E-state index contributed by atoms with van der Waals surface area (Å²) in [4.78, 5) is 11.7. The van der Waals surface area contributed by atoms with Crippen molar-refractivity contribution in [3.8, 4) is 0 Å². The van der Waals surface area contributed by atoms with E-state index in [1.165, 1.54) is 7.11 Å². The third-order valence-electron chi connectivity index (χ3n) is 3.04. The molecule has 0 amide bonds. The van der Waals surface area contributed by atoms with Gasteiger partial charge in [-0.1, -0.05) is 19.1 Å². The molecule has 0 saturated carbocycles. The summed E-state index contributed by atoms with van der Waals surface area (Å²) in [6.07, 6.45) is 3.76. The minimum atomic E-state index is -0.454. The van der Waals surface area contributed by atoms with Crippen LogP contribution < -0.4 is 0 Å². The second-order valence-electron chi connectivity index (χ2n) is 4.83. The molecular weight excluding hydrogens is 258 g/mol. The van der Waals surface area contributed by atoms with Gasteiger partial charge in [0, 0.05) is 18.3 Å². The summed E-state index contributed by atoms with van der Waals surface area (Å²) >= 11 is 0. The van der Waals surface area contributed by atoms with Gasteiger partial charge < -0.3 is 4.74 Å². The Morgan fingerprint density at radius 1 is 1.45 bits per heavy atom. The van der Waals surface area contributed by atoms with Gasteiger partial charge in [-0.2, -0.15) is 5.10 Å². The van der Waals surface area contributed by atoms with Gasteiger partial charge in [0.1, 0.15) is 0 Å². The minimum Gasteiger partial charge on any atom is -0.464 e. The lowest BCUT2D eigenvalue weighted by molar-refractivity contribution is 0.0592. The summed E-state index contributed by atoms with van der Waals surface area (Å²) in [6.45, 7) is 7.38. The second-order valence-corrected chi connectivity index (χ2v) is 4.83. The van der Waals surface area contributed by atoms with E-state index in [9.17, 15) is 4.79 Å². The van der Waals surface area contributed by atoms with Crippen LogP contribution in [0.25, 0.3) is 0 Å². The highest BCUT2D eigenvalue weighted by molar-refractivity contribution is 5.88. The number of carbonyl (C=O) groups is 1. The molecule has 0 aliphatic carbocycles. The van der Waals surface area contributed by atoms with Gasteiger partial charge in [-0.3, -0.25) is 4.68 Å². The molecule has 7 heteroatoms. The normalized spacial score (nSPS) is 11.1. The Hall–Kier alpha value is -2.18. The van der Waals surface area contributed by atoms with Crippen molar-refractivity contribution in [1.29, 1.82) is 0 Å². The predicted molar refractivity (Wildman–Crippen MR) is 72.5 cm³/mol. The number of aromatic nitrogens is 5. The molecule has 2 aromatic rings. The van der Waals surface area contributed by atoms with E-state index < -0.39 is 5.97 Å². The molecule has 0 unspecified atom stereocenters. The standard InChI is InChI=1S/C13H19N5O2/c1-5-17-7-10(6-14-17)8-18-12(9(2)3)11(15-16-18)13(19)20-4/h6-7,9H,5,8H2,1-4H3. The first-order valence-corrected chi connectivity index (χ1v) is 6.59. The molecule has 0 bridgehead atoms. The van der Waals surface area contributed by atoms with Gasteiger partial charge in [0.15, 0.2) is 5.69 Å². The lowest BCUT2D eigenvalue weighted by atomic mass is 10.1. The highest BCUT2D eigenvalue weighted by atomic mass is 16.5. The van der Waals surface area contributed by atoms with Gasteiger partial charge in [0.25, 0.3) is 0 Å². The Bertz CT molecular complexity index is 600. The van der Waals surface area contributed by atoms with Gasteiger partial charge >= 0.3 is 5.97 Å². The van der Waals surface area contributed by atoms with Crippen molar-refractivity contribution in [3.05, 3.63) is 29.3 Å². The molecule has 0 spiro atoms. The molecule has 0 radical (unpaired) electrons. The summed E-state index contributed by atoms with van der Waals surface area (Å²) in [5.74, 6) is -0.329. The minimum absolute atomic E-state index is 0.125. The number of hydrogen-bond donors (Lipinski definition) is 0. The van der Waals surface area contributed by atoms with Crippen LogP contribution in [0, 0.1) is 0 Å². The van der Waals surface area contributed by atoms with Crippen LogP contribution in [0.15, 0.2) is 12.4 Å². The van der Waals surface area contributed by atoms with Crippen molar-refractivity contribution in [2.75, 3.05) is 7.11 Å². The van der Waals surface area contributed by atoms with Crippen LogP contribution in [0.2, 0.25) is 0 Å². The first kappa shape index (κ1) is 14.2. The van der Waals surface area contributed by atoms with Gasteiger partial charge in [0.05, 0.1) is 25.5 Å². The number of aryl methyl sites for hydroxylation is 1. The first-order valence-electron chi connectivity index (χ1n) is 6.59. The summed E-state index contributed by atoms with van der Waals surface area (Å²) in [5, 5.41) is 12.2. The van der Waals surface area contributed by atoms with E-state index in [1.54, 1.807) is 10.9 Å². The SMILES string of the molecule is CCn1cc(Cn2nnc(C(=O)OC)c2C(C)C)cn1. The lowest BCUT2D eigenvalue weighted by Crippen LogP contribution is -2.11. The van der Waals surface area contributed by atoms with Crippen LogP contribution in [0.3, 0.4) is 0 Å². The lowest BCUT2D eigenvalue weighted by Gasteiger charge is -2.09. The van der Waals surface area contributed by atoms with Crippen molar-refractivity contribution in [1.82, 2.24) is 24.8 Å². The highest BCUT2D eigenvalue weighted by Gasteiger charge is 2.22. The van der Waals surface area contributed by atoms with Crippen LogP contribution in [0.1, 0.15) is 48.4 Å². The van der Waals surface area contributed by atoms with Crippen LogP contribution in [-0.4, -0.2) is 37.9 Å². The molecule has 0 N–H and O–H groups in total. The Kier molecular flexibility index (Phi) is 4.16. The summed E-state index contributed by atoms with van der Waals surface area (Å²) in [6, 6.07) is 0. The summed E-state index contributed by atoms with van der Waals surface area (Å²) < 4.78 is 8.32. The van der Waals surface area contributed by atoms with Crippen molar-refractivity contribution < 1.29 is 9.53 Å². The third kappa shape index (κ3) is 2.71. The fourth-order valence-corrected chi connectivity index (χ4v) is 2.08. The maximum atomic E-state index is 11.7. The molecule has 7 nitrogen and oxygen atoms in total. The molecule has 2 aromatic heterocycles. The number of carbonyl (C=O) groups excluding carboxylic acids is 1. The van der Waals surface area contributed by atoms with E-state index in [-0.39, 0.29) is 11.6 Å². The zero-order chi connectivity index (χ0) is 14.7. The van der Waals surface area contributed by atoms with Crippen molar-refractivity contribution in [2.45, 2.75) is 39.8 Å². The number of methoxy groups -OCH3 is 1. The van der Waals surface area contributed by atoms with Crippen molar-refractivity contribution in [3.63, 3.8) is 0 Å². The fourth-order valence-electron chi connectivity index (χ4n) is 2.08. The van der Waals surface area contributed by atoms with Gasteiger partial charge in [-0.15, -0.1) is 5.10 Å². The van der Waals surface area contributed by atoms with Crippen LogP contribution in [0.4, 0.5) is 0 Å². The van der Waals surface area contributed by atoms with Gasteiger partial charge in [-0.25, -0.2) is 9.48 Å². The van der Waals surface area contributed by atoms with Gasteiger partial charge in [-0.05, 0) is 12.8 Å². The van der Waals surface area contributed by atoms with Crippen LogP contribution in [0.5, 0.6) is 0 Å². The van der Waals surface area contributed by atoms with E-state index in [4.69, 9.17) is 4.74 Å². The molecule has 20 heavy (non-hydrogen) atoms. The molecule has 2 rings (SSSR count). The zero-order valence-electron chi connectivity index (χ0n) is 12.2. The maximum absolute atomic E-state index is 11.7. The van der Waals surface area contributed by atoms with Gasteiger partial charge in [0.2, 0.25) is 0 Å². The number of esters is 1. The Labute approximate surface area is 117 Å². The van der Waals surface area contributed by atoms with E-state index in [2.05, 4.69) is 15.4 Å². The van der Waals surface area contributed by atoms with Crippen molar-refractivity contribution >= 4 is 5.97 Å². The van der Waals surface area contributed by atoms with E-state index in [0.29, 0.717) is 6.54 Å². The quantitative estimate of drug-likeness (QED) is 0.773. The largest absolute Gasteiger partial charge is 0.464 e. The number of hydrogen-bond acceptors (Lipinski definition) is 5. The Morgan fingerprint density at radius 2 is 2.20 bits per heavy atom. The highest BCUT2D eigenvalue weighted by Crippen LogP contribution is 2.19. The molecule has 2 heterocycles. The molecule has 0 aliphatic rings. The first-order chi connectivity index (χ1) is 9.56. The predicted octanol–water partition coefficient (Wildman–Crippen LogP) is 1.45. The molecule has 108 valence electrons. The molecule has 0 atom stereocenters. The molecule has 0 aromatic carbocycles. The summed E-state index contributed by atoms with van der Waals surface area (Å²) in [5.41, 5.74) is 2.08. The Morgan fingerprint density at radius 3 is 2.75 bits per heavy atom. The fraction of sp³-hybridized carbons (Fsp3) is 0.538. The average Bonchev–Trinajstić information content (AvgIpc) is 3.04. The number of nitrogens with zero attached hydrogens (tertiary/aromatic N) is 5. The maximum Gasteiger partial charge on any atom is 0.360 e. The number of rotatable bonds is 5.